The fraction of sp³-hybridized carbons (Fsp3) is 0.500. The van der Waals surface area contributed by atoms with Crippen LogP contribution in [-0.4, -0.2) is 51.7 Å². The maximum atomic E-state index is 12.8. The molecule has 0 radical (unpaired) electrons. The molecule has 1 saturated heterocycles. The third-order valence-electron chi connectivity index (χ3n) is 5.79. The van der Waals surface area contributed by atoms with Crippen molar-refractivity contribution in [1.82, 2.24) is 19.6 Å². The van der Waals surface area contributed by atoms with Crippen molar-refractivity contribution in [3.63, 3.8) is 0 Å². The number of hydrogen-bond acceptors (Lipinski definition) is 3. The van der Waals surface area contributed by atoms with E-state index in [1.807, 2.05) is 47.2 Å². The van der Waals surface area contributed by atoms with Crippen LogP contribution in [0.15, 0.2) is 36.7 Å². The molecule has 3 unspecified atom stereocenters. The van der Waals surface area contributed by atoms with E-state index in [4.69, 9.17) is 11.6 Å². The fourth-order valence-electron chi connectivity index (χ4n) is 4.04. The van der Waals surface area contributed by atoms with Crippen molar-refractivity contribution in [3.05, 3.63) is 52.8 Å². The van der Waals surface area contributed by atoms with Crippen LogP contribution in [0.3, 0.4) is 0 Å². The summed E-state index contributed by atoms with van der Waals surface area (Å²) in [4.78, 5) is 17.3. The van der Waals surface area contributed by atoms with Gasteiger partial charge in [-0.3, -0.25) is 14.4 Å². The summed E-state index contributed by atoms with van der Waals surface area (Å²) in [5, 5.41) is 5.04. The van der Waals surface area contributed by atoms with E-state index >= 15 is 0 Å². The van der Waals surface area contributed by atoms with Crippen LogP contribution in [0, 0.1) is 5.92 Å². The number of piperazine rings is 1. The zero-order valence-electron chi connectivity index (χ0n) is 15.3. The van der Waals surface area contributed by atoms with Crippen molar-refractivity contribution >= 4 is 17.5 Å². The van der Waals surface area contributed by atoms with Crippen LogP contribution in [0.2, 0.25) is 5.02 Å². The lowest BCUT2D eigenvalue weighted by Gasteiger charge is -2.38. The summed E-state index contributed by atoms with van der Waals surface area (Å²) in [6.07, 6.45) is 4.88. The van der Waals surface area contributed by atoms with Crippen LogP contribution in [0.25, 0.3) is 0 Å². The van der Waals surface area contributed by atoms with E-state index in [1.165, 1.54) is 5.56 Å². The monoisotopic (exact) mass is 372 g/mol. The normalized spacial score (nSPS) is 24.5. The van der Waals surface area contributed by atoms with E-state index in [0.717, 1.165) is 43.2 Å². The first kappa shape index (κ1) is 17.6. The van der Waals surface area contributed by atoms with Gasteiger partial charge < -0.3 is 4.90 Å². The number of halogens is 1. The van der Waals surface area contributed by atoms with Gasteiger partial charge in [0.05, 0.1) is 6.20 Å². The Bertz CT molecular complexity index is 797. The summed E-state index contributed by atoms with van der Waals surface area (Å²) in [7, 11) is 1.92. The van der Waals surface area contributed by atoms with Gasteiger partial charge in [0.15, 0.2) is 0 Å². The van der Waals surface area contributed by atoms with Crippen LogP contribution >= 0.6 is 11.6 Å². The quantitative estimate of drug-likeness (QED) is 0.828. The molecule has 1 amide bonds. The Kier molecular flexibility index (Phi) is 4.76. The van der Waals surface area contributed by atoms with E-state index in [1.54, 1.807) is 0 Å². The standard InChI is InChI=1S/C20H25ClN4O/c1-14(16-5-3-4-6-19(16)21)24-7-9-25(10-8-24)20(26)18-11-17(18)15-12-22-23(2)13-15/h3-6,12-14,17-18H,7-11H2,1-2H3. The van der Waals surface area contributed by atoms with Gasteiger partial charge in [0.25, 0.3) is 0 Å². The average Bonchev–Trinajstić information content (AvgIpc) is 3.34. The molecule has 5 nitrogen and oxygen atoms in total. The van der Waals surface area contributed by atoms with Gasteiger partial charge in [0.1, 0.15) is 0 Å². The number of nitrogens with zero attached hydrogens (tertiary/aromatic N) is 4. The van der Waals surface area contributed by atoms with Crippen LogP contribution in [0.4, 0.5) is 0 Å². The largest absolute Gasteiger partial charge is 0.340 e. The molecular formula is C20H25ClN4O. The maximum Gasteiger partial charge on any atom is 0.226 e. The SMILES string of the molecule is CC(c1ccccc1Cl)N1CCN(C(=O)C2CC2c2cnn(C)c2)CC1. The summed E-state index contributed by atoms with van der Waals surface area (Å²) in [6, 6.07) is 8.30. The van der Waals surface area contributed by atoms with Crippen molar-refractivity contribution in [1.29, 1.82) is 0 Å². The number of hydrogen-bond donors (Lipinski definition) is 0. The van der Waals surface area contributed by atoms with Crippen LogP contribution in [-0.2, 0) is 11.8 Å². The smallest absolute Gasteiger partial charge is 0.226 e. The lowest BCUT2D eigenvalue weighted by molar-refractivity contribution is -0.134. The Balaban J connectivity index is 1.32. The van der Waals surface area contributed by atoms with Gasteiger partial charge in [-0.15, -0.1) is 0 Å². The van der Waals surface area contributed by atoms with Gasteiger partial charge in [0.2, 0.25) is 5.91 Å². The second-order valence-corrected chi connectivity index (χ2v) is 7.86. The molecule has 3 atom stereocenters. The van der Waals surface area contributed by atoms with E-state index < -0.39 is 0 Å². The summed E-state index contributed by atoms with van der Waals surface area (Å²) in [5.74, 6) is 0.812. The highest BCUT2D eigenvalue weighted by Gasteiger charge is 2.46. The van der Waals surface area contributed by atoms with Crippen LogP contribution in [0.1, 0.15) is 36.4 Å². The van der Waals surface area contributed by atoms with Gasteiger partial charge in [-0.05, 0) is 36.5 Å². The zero-order chi connectivity index (χ0) is 18.3. The highest BCUT2D eigenvalue weighted by molar-refractivity contribution is 6.31. The van der Waals surface area contributed by atoms with E-state index in [2.05, 4.69) is 23.0 Å². The minimum Gasteiger partial charge on any atom is -0.340 e. The molecule has 26 heavy (non-hydrogen) atoms. The number of amides is 1. The summed E-state index contributed by atoms with van der Waals surface area (Å²) in [5.41, 5.74) is 2.35. The van der Waals surface area contributed by atoms with Crippen molar-refractivity contribution in [2.45, 2.75) is 25.3 Å². The second-order valence-electron chi connectivity index (χ2n) is 7.45. The Morgan fingerprint density at radius 3 is 2.62 bits per heavy atom. The molecule has 2 fully saturated rings. The molecular weight excluding hydrogens is 348 g/mol. The molecule has 2 heterocycles. The Morgan fingerprint density at radius 2 is 1.96 bits per heavy atom. The first-order valence-electron chi connectivity index (χ1n) is 9.30. The van der Waals surface area contributed by atoms with Gasteiger partial charge >= 0.3 is 0 Å². The Morgan fingerprint density at radius 1 is 1.23 bits per heavy atom. The lowest BCUT2D eigenvalue weighted by Crippen LogP contribution is -2.49. The molecule has 0 N–H and O–H groups in total. The summed E-state index contributed by atoms with van der Waals surface area (Å²) < 4.78 is 1.81. The predicted octanol–water partition coefficient (Wildman–Crippen LogP) is 3.08. The van der Waals surface area contributed by atoms with Crippen molar-refractivity contribution in [2.24, 2.45) is 13.0 Å². The molecule has 1 aromatic carbocycles. The third-order valence-corrected chi connectivity index (χ3v) is 6.13. The molecule has 0 spiro atoms. The third kappa shape index (κ3) is 3.38. The molecule has 1 aliphatic heterocycles. The number of rotatable bonds is 4. The van der Waals surface area contributed by atoms with Gasteiger partial charge in [0, 0.05) is 56.4 Å². The average molecular weight is 373 g/mol. The lowest BCUT2D eigenvalue weighted by atomic mass is 10.1. The molecule has 2 aliphatic rings. The van der Waals surface area contributed by atoms with Crippen molar-refractivity contribution in [2.75, 3.05) is 26.2 Å². The van der Waals surface area contributed by atoms with Crippen LogP contribution < -0.4 is 0 Å². The summed E-state index contributed by atoms with van der Waals surface area (Å²) >= 11 is 6.35. The zero-order valence-corrected chi connectivity index (χ0v) is 16.1. The predicted molar refractivity (Wildman–Crippen MR) is 102 cm³/mol. The molecule has 138 valence electrons. The van der Waals surface area contributed by atoms with E-state index in [9.17, 15) is 4.79 Å². The van der Waals surface area contributed by atoms with Crippen molar-refractivity contribution in [3.8, 4) is 0 Å². The van der Waals surface area contributed by atoms with E-state index in [0.29, 0.717) is 11.8 Å². The minimum absolute atomic E-state index is 0.145. The highest BCUT2D eigenvalue weighted by atomic mass is 35.5. The maximum absolute atomic E-state index is 12.8. The van der Waals surface area contributed by atoms with Gasteiger partial charge in [-0.25, -0.2) is 0 Å². The number of benzene rings is 1. The molecule has 2 aromatic rings. The molecule has 6 heteroatoms. The first-order chi connectivity index (χ1) is 12.5. The molecule has 1 aromatic heterocycles. The first-order valence-corrected chi connectivity index (χ1v) is 9.68. The van der Waals surface area contributed by atoms with Gasteiger partial charge in [-0.2, -0.15) is 5.10 Å². The minimum atomic E-state index is 0.145. The molecule has 1 saturated carbocycles. The van der Waals surface area contributed by atoms with Crippen molar-refractivity contribution < 1.29 is 4.79 Å². The topological polar surface area (TPSA) is 41.4 Å². The van der Waals surface area contributed by atoms with E-state index in [-0.39, 0.29) is 12.0 Å². The molecule has 1 aliphatic carbocycles. The van der Waals surface area contributed by atoms with Gasteiger partial charge in [-0.1, -0.05) is 29.8 Å². The summed E-state index contributed by atoms with van der Waals surface area (Å²) in [6.45, 7) is 5.57. The Labute approximate surface area is 159 Å². The van der Waals surface area contributed by atoms with Crippen LogP contribution in [0.5, 0.6) is 0 Å². The number of aromatic nitrogens is 2. The number of carbonyl (C=O) groups excluding carboxylic acids is 1. The number of aryl methyl sites for hydroxylation is 1. The molecule has 4 rings (SSSR count). The second kappa shape index (κ2) is 7.05. The highest BCUT2D eigenvalue weighted by Crippen LogP contribution is 2.48. The molecule has 0 bridgehead atoms. The number of carbonyl (C=O) groups is 1. The Hall–Kier alpha value is -1.85. The fourth-order valence-corrected chi connectivity index (χ4v) is 4.34.